The van der Waals surface area contributed by atoms with Crippen LogP contribution in [-0.4, -0.2) is 31.8 Å². The van der Waals surface area contributed by atoms with Crippen molar-refractivity contribution >= 4 is 50.2 Å². The van der Waals surface area contributed by atoms with E-state index in [0.29, 0.717) is 12.1 Å². The van der Waals surface area contributed by atoms with Crippen molar-refractivity contribution in [2.75, 3.05) is 5.32 Å². The molecule has 0 fully saturated rings. The van der Waals surface area contributed by atoms with Crippen LogP contribution in [0.5, 0.6) is 0 Å². The van der Waals surface area contributed by atoms with Crippen molar-refractivity contribution in [1.29, 1.82) is 0 Å². The van der Waals surface area contributed by atoms with Crippen LogP contribution in [-0.2, 0) is 18.4 Å². The first-order valence-corrected chi connectivity index (χ1v) is 11.5. The van der Waals surface area contributed by atoms with Crippen LogP contribution in [0.1, 0.15) is 37.4 Å². The Balaban J connectivity index is 1.74. The molecule has 0 aliphatic carbocycles. The number of halogens is 7. The van der Waals surface area contributed by atoms with Crippen molar-refractivity contribution in [2.24, 2.45) is 7.05 Å². The van der Waals surface area contributed by atoms with Crippen LogP contribution in [0.2, 0.25) is 5.02 Å². The van der Waals surface area contributed by atoms with E-state index in [2.05, 4.69) is 26.0 Å². The molecule has 1 atom stereocenters. The number of nitrogens with zero attached hydrogens (tertiary/aromatic N) is 2. The summed E-state index contributed by atoms with van der Waals surface area (Å²) in [5.41, 5.74) is -2.73. The van der Waals surface area contributed by atoms with E-state index in [-0.39, 0.29) is 44.4 Å². The molecule has 0 saturated carbocycles. The summed E-state index contributed by atoms with van der Waals surface area (Å²) in [4.78, 5) is 26.2. The Morgan fingerprint density at radius 3 is 2.50 bits per heavy atom. The van der Waals surface area contributed by atoms with Gasteiger partial charge in [0, 0.05) is 28.9 Å². The fourth-order valence-corrected chi connectivity index (χ4v) is 5.29. The summed E-state index contributed by atoms with van der Waals surface area (Å²) in [6.07, 6.45) is -4.94. The quantitative estimate of drug-likeness (QED) is 0.270. The molecule has 38 heavy (non-hydrogen) atoms. The second kappa shape index (κ2) is 8.60. The number of hydrogen-bond acceptors (Lipinski definition) is 3. The molecule has 193 valence electrons. The molecule has 4 aromatic rings. The fraction of sp³-hybridized carbons (Fsp3) is 0.125. The Morgan fingerprint density at radius 2 is 1.82 bits per heavy atom. The first-order chi connectivity index (χ1) is 17.7. The predicted molar refractivity (Wildman–Crippen MR) is 125 cm³/mol. The van der Waals surface area contributed by atoms with E-state index in [1.807, 2.05) is 0 Å². The van der Waals surface area contributed by atoms with E-state index in [1.165, 1.54) is 13.1 Å². The van der Waals surface area contributed by atoms with E-state index in [0.717, 1.165) is 22.9 Å². The number of aryl methyl sites for hydroxylation is 1. The first kappa shape index (κ1) is 25.8. The molecule has 2 heterocycles. The van der Waals surface area contributed by atoms with E-state index in [4.69, 9.17) is 11.6 Å². The molecule has 1 aromatic heterocycles. The second-order valence-corrected chi connectivity index (χ2v) is 9.65. The predicted octanol–water partition coefficient (Wildman–Crippen LogP) is 5.03. The van der Waals surface area contributed by atoms with Gasteiger partial charge in [-0.15, -0.1) is 0 Å². The van der Waals surface area contributed by atoms with Gasteiger partial charge in [0.15, 0.2) is 0 Å². The molecule has 0 bridgehead atoms. The van der Waals surface area contributed by atoms with Crippen LogP contribution in [0.4, 0.5) is 32.0 Å². The maximum atomic E-state index is 14.9. The summed E-state index contributed by atoms with van der Waals surface area (Å²) in [5, 5.41) is 6.96. The van der Waals surface area contributed by atoms with E-state index >= 15 is 0 Å². The number of hydrogen-bond donors (Lipinski definition) is 2. The molecular formula is C24H12ClF6N4O2Si. The standard InChI is InChI=1S/C24H12ClF6N4O2Si/c1-35-20(28)13-8-16(32-21(36)9-4-10(24(29,30)31)6-12(27)5-9)18-17(19(13)34-35)22(37)33-23(18,38)14-7-11(26)2-3-15(14)25/h2-8H,1H3,(H,32,36)(H,33,37)/t23-/m0/s1. The number of carbonyl (C=O) groups excluding carboxylic acids is 2. The second-order valence-electron chi connectivity index (χ2n) is 8.49. The number of rotatable bonds is 3. The van der Waals surface area contributed by atoms with Gasteiger partial charge < -0.3 is 10.6 Å². The van der Waals surface area contributed by atoms with Crippen LogP contribution in [0, 0.1) is 17.6 Å². The highest BCUT2D eigenvalue weighted by atomic mass is 35.5. The minimum absolute atomic E-state index is 0.000649. The number of benzene rings is 3. The molecule has 1 aliphatic heterocycles. The van der Waals surface area contributed by atoms with Crippen molar-refractivity contribution < 1.29 is 35.9 Å². The van der Waals surface area contributed by atoms with Gasteiger partial charge in [-0.3, -0.25) is 9.59 Å². The molecular weight excluding hydrogens is 554 g/mol. The molecule has 2 amide bonds. The molecule has 1 aliphatic rings. The average Bonchev–Trinajstić information content (AvgIpc) is 3.27. The van der Waals surface area contributed by atoms with Crippen molar-refractivity contribution in [3.8, 4) is 0 Å². The lowest BCUT2D eigenvalue weighted by Crippen LogP contribution is -2.41. The van der Waals surface area contributed by atoms with Gasteiger partial charge in [-0.05, 0) is 48.0 Å². The topological polar surface area (TPSA) is 76.0 Å². The number of anilines is 1. The van der Waals surface area contributed by atoms with Gasteiger partial charge in [0.05, 0.1) is 31.9 Å². The van der Waals surface area contributed by atoms with Crippen molar-refractivity contribution in [3.05, 3.63) is 92.9 Å². The number of nitrogens with one attached hydrogen (secondary N) is 2. The molecule has 0 spiro atoms. The third-order valence-electron chi connectivity index (χ3n) is 6.03. The van der Waals surface area contributed by atoms with E-state index in [1.54, 1.807) is 0 Å². The highest BCUT2D eigenvalue weighted by molar-refractivity contribution is 6.34. The lowest BCUT2D eigenvalue weighted by atomic mass is 9.93. The van der Waals surface area contributed by atoms with Crippen LogP contribution >= 0.6 is 11.6 Å². The van der Waals surface area contributed by atoms with Gasteiger partial charge in [0.2, 0.25) is 5.95 Å². The van der Waals surface area contributed by atoms with Crippen LogP contribution in [0.3, 0.4) is 0 Å². The Morgan fingerprint density at radius 1 is 1.11 bits per heavy atom. The van der Waals surface area contributed by atoms with Gasteiger partial charge in [0.25, 0.3) is 11.8 Å². The molecule has 2 N–H and O–H groups in total. The van der Waals surface area contributed by atoms with Crippen LogP contribution in [0.15, 0.2) is 42.5 Å². The highest BCUT2D eigenvalue weighted by Crippen LogP contribution is 2.45. The summed E-state index contributed by atoms with van der Waals surface area (Å²) in [6.45, 7) is 0. The molecule has 14 heteroatoms. The van der Waals surface area contributed by atoms with Crippen LogP contribution in [0.25, 0.3) is 10.9 Å². The Hall–Kier alpha value is -3.84. The Labute approximate surface area is 218 Å². The minimum Gasteiger partial charge on any atom is -0.342 e. The van der Waals surface area contributed by atoms with Gasteiger partial charge in [0.1, 0.15) is 17.2 Å². The molecule has 6 nitrogen and oxygen atoms in total. The smallest absolute Gasteiger partial charge is 0.342 e. The molecule has 0 unspecified atom stereocenters. The first-order valence-electron chi connectivity index (χ1n) is 10.6. The van der Waals surface area contributed by atoms with Crippen molar-refractivity contribution in [2.45, 2.75) is 11.3 Å². The monoisotopic (exact) mass is 565 g/mol. The highest BCUT2D eigenvalue weighted by Gasteiger charge is 2.46. The van der Waals surface area contributed by atoms with Crippen molar-refractivity contribution in [1.82, 2.24) is 15.1 Å². The summed E-state index contributed by atoms with van der Waals surface area (Å²) >= 11 is 6.29. The summed E-state index contributed by atoms with van der Waals surface area (Å²) in [5.74, 6) is -4.91. The van der Waals surface area contributed by atoms with E-state index < -0.39 is 51.9 Å². The normalized spacial score (nSPS) is 17.0. The largest absolute Gasteiger partial charge is 0.416 e. The van der Waals surface area contributed by atoms with Crippen LogP contribution < -0.4 is 10.6 Å². The van der Waals surface area contributed by atoms with Gasteiger partial charge in [-0.1, -0.05) is 11.6 Å². The SMILES string of the molecule is Cn1nc2c3c(c(NC(=O)c4cc(F)cc(C(F)(F)F)c4)cc2c1F)[C@@]([Si])(c1cc(F)ccc1Cl)NC3=O. The summed E-state index contributed by atoms with van der Waals surface area (Å²) in [7, 11) is 4.70. The summed E-state index contributed by atoms with van der Waals surface area (Å²) < 4.78 is 83.5. The average molecular weight is 566 g/mol. The minimum atomic E-state index is -4.94. The maximum Gasteiger partial charge on any atom is 0.416 e. The maximum absolute atomic E-state index is 14.9. The van der Waals surface area contributed by atoms with Gasteiger partial charge >= 0.3 is 6.18 Å². The zero-order valence-corrected chi connectivity index (χ0v) is 20.7. The third-order valence-corrected chi connectivity index (χ3v) is 7.00. The lowest BCUT2D eigenvalue weighted by molar-refractivity contribution is -0.137. The molecule has 3 aromatic carbocycles. The zero-order chi connectivity index (χ0) is 27.7. The number of aromatic nitrogens is 2. The molecule has 5 rings (SSSR count). The number of carbonyl (C=O) groups is 2. The van der Waals surface area contributed by atoms with E-state index in [9.17, 15) is 35.9 Å². The number of alkyl halides is 3. The summed E-state index contributed by atoms with van der Waals surface area (Å²) in [6, 6.07) is 5.67. The number of amides is 2. The van der Waals surface area contributed by atoms with Gasteiger partial charge in [-0.2, -0.15) is 22.7 Å². The fourth-order valence-electron chi connectivity index (χ4n) is 4.37. The Bertz CT molecular complexity index is 1690. The van der Waals surface area contributed by atoms with Gasteiger partial charge in [-0.25, -0.2) is 13.5 Å². The Kier molecular flexibility index (Phi) is 5.83. The lowest BCUT2D eigenvalue weighted by Gasteiger charge is -2.29. The van der Waals surface area contributed by atoms with Crippen molar-refractivity contribution in [3.63, 3.8) is 0 Å². The third kappa shape index (κ3) is 4.02. The number of fused-ring (bicyclic) bond motifs is 3. The zero-order valence-electron chi connectivity index (χ0n) is 18.9. The molecule has 0 saturated heterocycles. The molecule has 3 radical (unpaired) electrons.